The van der Waals surface area contributed by atoms with Crippen LogP contribution in [0.25, 0.3) is 0 Å². The van der Waals surface area contributed by atoms with Gasteiger partial charge in [-0.05, 0) is 31.0 Å². The molecule has 1 aromatic heterocycles. The van der Waals surface area contributed by atoms with Gasteiger partial charge in [0.25, 0.3) is 5.91 Å². The number of aryl methyl sites for hydroxylation is 2. The molecule has 0 saturated heterocycles. The molecule has 0 aliphatic heterocycles. The molecule has 94 valence electrons. The van der Waals surface area contributed by atoms with E-state index in [4.69, 9.17) is 11.6 Å². The standard InChI is InChI=1S/C13H14ClN3O/c1-8-5-4-6-11(9(8)2)15-13(18)12-10(14)7-17(3)16-12/h4-7H,1-3H3,(H,15,18). The minimum atomic E-state index is -0.297. The molecule has 4 nitrogen and oxygen atoms in total. The Morgan fingerprint density at radius 2 is 2.11 bits per heavy atom. The lowest BCUT2D eigenvalue weighted by Crippen LogP contribution is -2.14. The maximum Gasteiger partial charge on any atom is 0.277 e. The van der Waals surface area contributed by atoms with E-state index in [1.165, 1.54) is 4.68 Å². The van der Waals surface area contributed by atoms with Crippen LogP contribution in [0, 0.1) is 13.8 Å². The molecule has 0 aliphatic rings. The number of benzene rings is 1. The number of amides is 1. The minimum Gasteiger partial charge on any atom is -0.320 e. The lowest BCUT2D eigenvalue weighted by atomic mass is 10.1. The molecular weight excluding hydrogens is 250 g/mol. The SMILES string of the molecule is Cc1cccc(NC(=O)c2nn(C)cc2Cl)c1C. The second kappa shape index (κ2) is 4.82. The lowest BCUT2D eigenvalue weighted by molar-refractivity contribution is 0.102. The average molecular weight is 264 g/mol. The van der Waals surface area contributed by atoms with Crippen molar-refractivity contribution in [2.75, 3.05) is 5.32 Å². The zero-order chi connectivity index (χ0) is 13.3. The second-order valence-electron chi connectivity index (χ2n) is 4.20. The fourth-order valence-corrected chi connectivity index (χ4v) is 1.95. The predicted molar refractivity (Wildman–Crippen MR) is 72.1 cm³/mol. The maximum absolute atomic E-state index is 12.0. The first-order valence-electron chi connectivity index (χ1n) is 5.55. The third-order valence-electron chi connectivity index (χ3n) is 2.85. The monoisotopic (exact) mass is 263 g/mol. The minimum absolute atomic E-state index is 0.236. The van der Waals surface area contributed by atoms with Gasteiger partial charge < -0.3 is 5.32 Å². The quantitative estimate of drug-likeness (QED) is 0.906. The number of nitrogens with zero attached hydrogens (tertiary/aromatic N) is 2. The lowest BCUT2D eigenvalue weighted by Gasteiger charge is -2.09. The van der Waals surface area contributed by atoms with Gasteiger partial charge in [-0.15, -0.1) is 0 Å². The van der Waals surface area contributed by atoms with Crippen molar-refractivity contribution >= 4 is 23.2 Å². The molecule has 1 amide bonds. The van der Waals surface area contributed by atoms with Crippen LogP contribution in [0.4, 0.5) is 5.69 Å². The van der Waals surface area contributed by atoms with E-state index in [9.17, 15) is 4.79 Å². The Morgan fingerprint density at radius 1 is 1.39 bits per heavy atom. The molecule has 5 heteroatoms. The smallest absolute Gasteiger partial charge is 0.277 e. The summed E-state index contributed by atoms with van der Waals surface area (Å²) in [6.45, 7) is 3.96. The molecule has 0 atom stereocenters. The zero-order valence-electron chi connectivity index (χ0n) is 10.5. The highest BCUT2D eigenvalue weighted by Crippen LogP contribution is 2.20. The van der Waals surface area contributed by atoms with Crippen LogP contribution in [-0.2, 0) is 7.05 Å². The highest BCUT2D eigenvalue weighted by Gasteiger charge is 2.15. The molecule has 0 fully saturated rings. The molecule has 0 unspecified atom stereocenters. The second-order valence-corrected chi connectivity index (χ2v) is 4.61. The van der Waals surface area contributed by atoms with Gasteiger partial charge in [-0.25, -0.2) is 0 Å². The van der Waals surface area contributed by atoms with E-state index in [1.54, 1.807) is 13.2 Å². The number of carbonyl (C=O) groups excluding carboxylic acids is 1. The molecular formula is C13H14ClN3O. The van der Waals surface area contributed by atoms with Gasteiger partial charge >= 0.3 is 0 Å². The Hall–Kier alpha value is -1.81. The van der Waals surface area contributed by atoms with Crippen LogP contribution < -0.4 is 5.32 Å². The Morgan fingerprint density at radius 3 is 2.72 bits per heavy atom. The number of hydrogen-bond acceptors (Lipinski definition) is 2. The van der Waals surface area contributed by atoms with Crippen LogP contribution in [0.2, 0.25) is 5.02 Å². The highest BCUT2D eigenvalue weighted by molar-refractivity contribution is 6.34. The molecule has 0 bridgehead atoms. The van der Waals surface area contributed by atoms with Gasteiger partial charge in [-0.1, -0.05) is 23.7 Å². The number of carbonyl (C=O) groups is 1. The van der Waals surface area contributed by atoms with Crippen molar-refractivity contribution in [3.8, 4) is 0 Å². The van der Waals surface area contributed by atoms with E-state index >= 15 is 0 Å². The highest BCUT2D eigenvalue weighted by atomic mass is 35.5. The van der Waals surface area contributed by atoms with Gasteiger partial charge in [0.1, 0.15) is 0 Å². The number of anilines is 1. The van der Waals surface area contributed by atoms with E-state index in [0.717, 1.165) is 16.8 Å². The molecule has 1 heterocycles. The molecule has 0 aliphatic carbocycles. The summed E-state index contributed by atoms with van der Waals surface area (Å²) in [7, 11) is 1.72. The van der Waals surface area contributed by atoms with E-state index in [2.05, 4.69) is 10.4 Å². The maximum atomic E-state index is 12.0. The third kappa shape index (κ3) is 2.38. The van der Waals surface area contributed by atoms with Crippen LogP contribution in [0.15, 0.2) is 24.4 Å². The molecule has 1 N–H and O–H groups in total. The van der Waals surface area contributed by atoms with Gasteiger partial charge in [0.05, 0.1) is 5.02 Å². The number of rotatable bonds is 2. The first-order chi connectivity index (χ1) is 8.49. The van der Waals surface area contributed by atoms with Gasteiger partial charge in [-0.3, -0.25) is 9.48 Å². The summed E-state index contributed by atoms with van der Waals surface area (Å²) in [5.74, 6) is -0.297. The molecule has 2 aromatic rings. The molecule has 2 rings (SSSR count). The van der Waals surface area contributed by atoms with Crippen LogP contribution in [0.5, 0.6) is 0 Å². The largest absolute Gasteiger partial charge is 0.320 e. The molecule has 1 aromatic carbocycles. The van der Waals surface area contributed by atoms with Crippen LogP contribution in [-0.4, -0.2) is 15.7 Å². The van der Waals surface area contributed by atoms with Crippen molar-refractivity contribution in [2.24, 2.45) is 7.05 Å². The zero-order valence-corrected chi connectivity index (χ0v) is 11.2. The van der Waals surface area contributed by atoms with Crippen LogP contribution in [0.1, 0.15) is 21.6 Å². The number of aromatic nitrogens is 2. The number of hydrogen-bond donors (Lipinski definition) is 1. The third-order valence-corrected chi connectivity index (χ3v) is 3.13. The van der Waals surface area contributed by atoms with Gasteiger partial charge in [-0.2, -0.15) is 5.10 Å². The predicted octanol–water partition coefficient (Wildman–Crippen LogP) is 2.94. The molecule has 18 heavy (non-hydrogen) atoms. The van der Waals surface area contributed by atoms with Crippen molar-refractivity contribution in [1.29, 1.82) is 0 Å². The number of halogens is 1. The Balaban J connectivity index is 2.27. The van der Waals surface area contributed by atoms with E-state index in [0.29, 0.717) is 5.02 Å². The first-order valence-corrected chi connectivity index (χ1v) is 5.93. The average Bonchev–Trinajstić information content (AvgIpc) is 2.64. The summed E-state index contributed by atoms with van der Waals surface area (Å²) in [4.78, 5) is 12.0. The Bertz CT molecular complexity index is 604. The Labute approximate surface area is 111 Å². The topological polar surface area (TPSA) is 46.9 Å². The Kier molecular flexibility index (Phi) is 3.39. The molecule has 0 spiro atoms. The van der Waals surface area contributed by atoms with E-state index in [-0.39, 0.29) is 11.6 Å². The molecule has 0 radical (unpaired) electrons. The fraction of sp³-hybridized carbons (Fsp3) is 0.231. The summed E-state index contributed by atoms with van der Waals surface area (Å²) in [6.07, 6.45) is 1.60. The van der Waals surface area contributed by atoms with Crippen molar-refractivity contribution in [1.82, 2.24) is 9.78 Å². The van der Waals surface area contributed by atoms with Crippen molar-refractivity contribution in [3.05, 3.63) is 46.2 Å². The van der Waals surface area contributed by atoms with Crippen molar-refractivity contribution in [3.63, 3.8) is 0 Å². The molecule has 0 saturated carbocycles. The van der Waals surface area contributed by atoms with Crippen molar-refractivity contribution < 1.29 is 4.79 Å². The first kappa shape index (κ1) is 12.6. The van der Waals surface area contributed by atoms with Crippen molar-refractivity contribution in [2.45, 2.75) is 13.8 Å². The summed E-state index contributed by atoms with van der Waals surface area (Å²) >= 11 is 5.93. The van der Waals surface area contributed by atoms with Gasteiger partial charge in [0, 0.05) is 18.9 Å². The van der Waals surface area contributed by atoms with E-state index < -0.39 is 0 Å². The summed E-state index contributed by atoms with van der Waals surface area (Å²) < 4.78 is 1.51. The summed E-state index contributed by atoms with van der Waals surface area (Å²) in [5.41, 5.74) is 3.18. The van der Waals surface area contributed by atoms with Gasteiger partial charge in [0.2, 0.25) is 0 Å². The normalized spacial score (nSPS) is 10.4. The van der Waals surface area contributed by atoms with Gasteiger partial charge in [0.15, 0.2) is 5.69 Å². The summed E-state index contributed by atoms with van der Waals surface area (Å²) in [5, 5.41) is 7.20. The number of nitrogens with one attached hydrogen (secondary N) is 1. The van der Waals surface area contributed by atoms with E-state index in [1.807, 2.05) is 32.0 Å². The van der Waals surface area contributed by atoms with Crippen LogP contribution in [0.3, 0.4) is 0 Å². The fourth-order valence-electron chi connectivity index (χ4n) is 1.68. The van der Waals surface area contributed by atoms with Crippen LogP contribution >= 0.6 is 11.6 Å². The summed E-state index contributed by atoms with van der Waals surface area (Å²) in [6, 6.07) is 5.76.